The van der Waals surface area contributed by atoms with Crippen LogP contribution in [0.3, 0.4) is 0 Å². The molecule has 0 amide bonds. The highest BCUT2D eigenvalue weighted by Gasteiger charge is 2.04. The quantitative estimate of drug-likeness (QED) is 0.624. The van der Waals surface area contributed by atoms with E-state index in [1.165, 1.54) is 12.1 Å². The third-order valence-corrected chi connectivity index (χ3v) is 3.50. The number of ether oxygens (including phenoxy) is 3. The molecule has 0 N–H and O–H groups in total. The molecule has 22 heavy (non-hydrogen) atoms. The molecule has 0 fully saturated rings. The van der Waals surface area contributed by atoms with Crippen molar-refractivity contribution in [1.29, 1.82) is 0 Å². The van der Waals surface area contributed by atoms with Crippen molar-refractivity contribution >= 4 is 15.9 Å². The predicted molar refractivity (Wildman–Crippen MR) is 87.3 cm³/mol. The fourth-order valence-corrected chi connectivity index (χ4v) is 2.21. The van der Waals surface area contributed by atoms with E-state index in [2.05, 4.69) is 15.9 Å². The van der Waals surface area contributed by atoms with Crippen molar-refractivity contribution in [2.45, 2.75) is 12.8 Å². The third-order valence-electron chi connectivity index (χ3n) is 3.00. The molecule has 0 aliphatic rings. The van der Waals surface area contributed by atoms with Crippen LogP contribution in [0.5, 0.6) is 17.2 Å². The molecule has 3 nitrogen and oxygen atoms in total. The summed E-state index contributed by atoms with van der Waals surface area (Å²) < 4.78 is 30.2. The van der Waals surface area contributed by atoms with E-state index in [1.54, 1.807) is 19.2 Å². The zero-order valence-corrected chi connectivity index (χ0v) is 13.9. The second-order valence-electron chi connectivity index (χ2n) is 4.65. The molecule has 0 spiro atoms. The Kier molecular flexibility index (Phi) is 6.52. The summed E-state index contributed by atoms with van der Waals surface area (Å²) in [5.74, 6) is 1.85. The molecule has 0 atom stereocenters. The molecule has 0 aromatic heterocycles. The van der Waals surface area contributed by atoms with Crippen LogP contribution in [0.15, 0.2) is 46.9 Å². The molecule has 0 saturated carbocycles. The van der Waals surface area contributed by atoms with E-state index in [1.807, 2.05) is 18.2 Å². The van der Waals surface area contributed by atoms with Crippen molar-refractivity contribution in [2.75, 3.05) is 20.3 Å². The van der Waals surface area contributed by atoms with Gasteiger partial charge in [-0.1, -0.05) is 15.9 Å². The SMILES string of the molecule is COc1ccc(Br)cc1OCCCCOc1ccc(F)cc1. The van der Waals surface area contributed by atoms with Gasteiger partial charge in [0.25, 0.3) is 0 Å². The molecule has 0 unspecified atom stereocenters. The van der Waals surface area contributed by atoms with E-state index < -0.39 is 0 Å². The van der Waals surface area contributed by atoms with Crippen LogP contribution in [0, 0.1) is 5.82 Å². The van der Waals surface area contributed by atoms with E-state index in [0.29, 0.717) is 24.7 Å². The van der Waals surface area contributed by atoms with Crippen molar-refractivity contribution in [1.82, 2.24) is 0 Å². The maximum absolute atomic E-state index is 12.7. The van der Waals surface area contributed by atoms with Crippen LogP contribution in [0.4, 0.5) is 4.39 Å². The van der Waals surface area contributed by atoms with Crippen molar-refractivity contribution in [3.05, 3.63) is 52.8 Å². The lowest BCUT2D eigenvalue weighted by atomic mass is 10.3. The Morgan fingerprint density at radius 2 is 1.59 bits per heavy atom. The average molecular weight is 369 g/mol. The van der Waals surface area contributed by atoms with Gasteiger partial charge in [0.15, 0.2) is 11.5 Å². The molecule has 2 rings (SSSR count). The van der Waals surface area contributed by atoms with Gasteiger partial charge in [0.2, 0.25) is 0 Å². The topological polar surface area (TPSA) is 27.7 Å². The number of benzene rings is 2. The summed E-state index contributed by atoms with van der Waals surface area (Å²) in [4.78, 5) is 0. The third kappa shape index (κ3) is 5.22. The molecular formula is C17H18BrFO3. The molecular weight excluding hydrogens is 351 g/mol. The number of methoxy groups -OCH3 is 1. The summed E-state index contributed by atoms with van der Waals surface area (Å²) in [7, 11) is 1.62. The number of hydrogen-bond donors (Lipinski definition) is 0. The summed E-state index contributed by atoms with van der Waals surface area (Å²) in [6.07, 6.45) is 1.71. The molecule has 0 aliphatic carbocycles. The minimum Gasteiger partial charge on any atom is -0.494 e. The van der Waals surface area contributed by atoms with Crippen LogP contribution in [0.1, 0.15) is 12.8 Å². The van der Waals surface area contributed by atoms with Gasteiger partial charge >= 0.3 is 0 Å². The summed E-state index contributed by atoms with van der Waals surface area (Å²) >= 11 is 3.41. The maximum atomic E-state index is 12.7. The first-order valence-electron chi connectivity index (χ1n) is 7.04. The second-order valence-corrected chi connectivity index (χ2v) is 5.57. The highest BCUT2D eigenvalue weighted by Crippen LogP contribution is 2.30. The van der Waals surface area contributed by atoms with Crippen molar-refractivity contribution in [3.63, 3.8) is 0 Å². The van der Waals surface area contributed by atoms with Gasteiger partial charge in [0, 0.05) is 4.47 Å². The van der Waals surface area contributed by atoms with Crippen LogP contribution in [-0.2, 0) is 0 Å². The van der Waals surface area contributed by atoms with Crippen LogP contribution in [0.25, 0.3) is 0 Å². The summed E-state index contributed by atoms with van der Waals surface area (Å²) in [6, 6.07) is 11.7. The zero-order valence-electron chi connectivity index (χ0n) is 12.4. The monoisotopic (exact) mass is 368 g/mol. The van der Waals surface area contributed by atoms with Crippen LogP contribution in [0.2, 0.25) is 0 Å². The van der Waals surface area contributed by atoms with Crippen LogP contribution < -0.4 is 14.2 Å². The second kappa shape index (κ2) is 8.63. The van der Waals surface area contributed by atoms with Gasteiger partial charge in [-0.25, -0.2) is 4.39 Å². The van der Waals surface area contributed by atoms with Gasteiger partial charge in [-0.3, -0.25) is 0 Å². The normalized spacial score (nSPS) is 10.3. The van der Waals surface area contributed by atoms with E-state index in [0.717, 1.165) is 23.1 Å². The highest BCUT2D eigenvalue weighted by molar-refractivity contribution is 9.10. The molecule has 0 aliphatic heterocycles. The Balaban J connectivity index is 1.67. The first-order chi connectivity index (χ1) is 10.7. The highest BCUT2D eigenvalue weighted by atomic mass is 79.9. The lowest BCUT2D eigenvalue weighted by molar-refractivity contribution is 0.258. The fourth-order valence-electron chi connectivity index (χ4n) is 1.87. The first-order valence-corrected chi connectivity index (χ1v) is 7.83. The van der Waals surface area contributed by atoms with E-state index in [4.69, 9.17) is 14.2 Å². The first kappa shape index (κ1) is 16.6. The maximum Gasteiger partial charge on any atom is 0.162 e. The van der Waals surface area contributed by atoms with Crippen molar-refractivity contribution in [2.24, 2.45) is 0 Å². The van der Waals surface area contributed by atoms with Crippen LogP contribution >= 0.6 is 15.9 Å². The van der Waals surface area contributed by atoms with E-state index in [-0.39, 0.29) is 5.82 Å². The number of rotatable bonds is 8. The number of halogens is 2. The fraction of sp³-hybridized carbons (Fsp3) is 0.294. The minimum absolute atomic E-state index is 0.260. The Hall–Kier alpha value is -1.75. The van der Waals surface area contributed by atoms with E-state index in [9.17, 15) is 4.39 Å². The van der Waals surface area contributed by atoms with E-state index >= 15 is 0 Å². The molecule has 0 bridgehead atoms. The zero-order chi connectivity index (χ0) is 15.8. The molecule has 0 heterocycles. The Morgan fingerprint density at radius 3 is 2.27 bits per heavy atom. The summed E-state index contributed by atoms with van der Waals surface area (Å²) in [5.41, 5.74) is 0. The standard InChI is InChI=1S/C17H18BrFO3/c1-20-16-9-4-13(18)12-17(16)22-11-3-2-10-21-15-7-5-14(19)6-8-15/h4-9,12H,2-3,10-11H2,1H3. The Labute approximate surface area is 138 Å². The summed E-state index contributed by atoms with van der Waals surface area (Å²) in [6.45, 7) is 1.16. The molecule has 0 saturated heterocycles. The smallest absolute Gasteiger partial charge is 0.162 e. The van der Waals surface area contributed by atoms with Gasteiger partial charge in [-0.2, -0.15) is 0 Å². The Bertz CT molecular complexity index is 587. The molecule has 118 valence electrons. The van der Waals surface area contributed by atoms with Gasteiger partial charge in [-0.05, 0) is 55.3 Å². The van der Waals surface area contributed by atoms with Crippen molar-refractivity contribution in [3.8, 4) is 17.2 Å². The Morgan fingerprint density at radius 1 is 0.909 bits per heavy atom. The molecule has 2 aromatic rings. The lowest BCUT2D eigenvalue weighted by Crippen LogP contribution is -2.03. The lowest BCUT2D eigenvalue weighted by Gasteiger charge is -2.11. The molecule has 0 radical (unpaired) electrons. The van der Waals surface area contributed by atoms with Gasteiger partial charge in [0.05, 0.1) is 20.3 Å². The van der Waals surface area contributed by atoms with Crippen molar-refractivity contribution < 1.29 is 18.6 Å². The minimum atomic E-state index is -0.260. The predicted octanol–water partition coefficient (Wildman–Crippen LogP) is 4.83. The molecule has 2 aromatic carbocycles. The summed E-state index contributed by atoms with van der Waals surface area (Å²) in [5, 5.41) is 0. The number of hydrogen-bond acceptors (Lipinski definition) is 3. The average Bonchev–Trinajstić information content (AvgIpc) is 2.52. The van der Waals surface area contributed by atoms with Gasteiger partial charge < -0.3 is 14.2 Å². The largest absolute Gasteiger partial charge is 0.494 e. The number of unbranched alkanes of at least 4 members (excludes halogenated alkanes) is 1. The van der Waals surface area contributed by atoms with Gasteiger partial charge in [-0.15, -0.1) is 0 Å². The van der Waals surface area contributed by atoms with Gasteiger partial charge in [0.1, 0.15) is 11.6 Å². The molecule has 5 heteroatoms. The van der Waals surface area contributed by atoms with Crippen LogP contribution in [-0.4, -0.2) is 20.3 Å².